The lowest BCUT2D eigenvalue weighted by Crippen LogP contribution is -2.45. The average molecular weight is 214 g/mol. The van der Waals surface area contributed by atoms with Gasteiger partial charge < -0.3 is 10.6 Å². The molecule has 15 heavy (non-hydrogen) atoms. The second kappa shape index (κ2) is 4.91. The van der Waals surface area contributed by atoms with Crippen molar-refractivity contribution in [2.45, 2.75) is 25.8 Å². The van der Waals surface area contributed by atoms with Crippen molar-refractivity contribution >= 4 is 11.8 Å². The molecule has 5 heteroatoms. The average Bonchev–Trinajstić information content (AvgIpc) is 2.49. The summed E-state index contributed by atoms with van der Waals surface area (Å²) in [6.45, 7) is 2.17. The third-order valence-corrected chi connectivity index (χ3v) is 2.62. The molecule has 1 aliphatic rings. The van der Waals surface area contributed by atoms with Crippen LogP contribution < -0.4 is 5.73 Å². The van der Waals surface area contributed by atoms with Gasteiger partial charge in [0.1, 0.15) is 6.04 Å². The standard InChI is InChI=1S/C10H15FN2O2/c1-2-8(10(12)15)13-6-7(3-4-11)5-9(13)14/h3-4,7-8H,2,5-6H2,1H3,(H2,12,15). The molecular formula is C10H15FN2O2. The van der Waals surface area contributed by atoms with Crippen molar-refractivity contribution in [1.82, 2.24) is 4.90 Å². The first-order valence-corrected chi connectivity index (χ1v) is 4.95. The Kier molecular flexibility index (Phi) is 3.82. The van der Waals surface area contributed by atoms with E-state index in [0.29, 0.717) is 19.3 Å². The maximum Gasteiger partial charge on any atom is 0.240 e. The predicted octanol–water partition coefficient (Wildman–Crippen LogP) is 0.582. The van der Waals surface area contributed by atoms with Crippen LogP contribution in [0.2, 0.25) is 0 Å². The number of primary amides is 1. The van der Waals surface area contributed by atoms with Crippen molar-refractivity contribution in [1.29, 1.82) is 0 Å². The van der Waals surface area contributed by atoms with Gasteiger partial charge in [-0.15, -0.1) is 0 Å². The first-order valence-electron chi connectivity index (χ1n) is 4.95. The van der Waals surface area contributed by atoms with Gasteiger partial charge in [-0.3, -0.25) is 9.59 Å². The molecule has 0 bridgehead atoms. The van der Waals surface area contributed by atoms with Crippen molar-refractivity contribution in [2.24, 2.45) is 11.7 Å². The number of amides is 2. The van der Waals surface area contributed by atoms with Crippen LogP contribution in [-0.2, 0) is 9.59 Å². The van der Waals surface area contributed by atoms with Crippen LogP contribution in [0.15, 0.2) is 12.4 Å². The minimum atomic E-state index is -0.560. The molecule has 84 valence electrons. The van der Waals surface area contributed by atoms with Crippen molar-refractivity contribution in [2.75, 3.05) is 6.54 Å². The Morgan fingerprint density at radius 2 is 2.47 bits per heavy atom. The number of carbonyl (C=O) groups excluding carboxylic acids is 2. The third kappa shape index (κ3) is 2.55. The third-order valence-electron chi connectivity index (χ3n) is 2.62. The molecule has 0 aromatic carbocycles. The van der Waals surface area contributed by atoms with E-state index in [1.165, 1.54) is 11.0 Å². The molecule has 2 N–H and O–H groups in total. The summed E-state index contributed by atoms with van der Waals surface area (Å²) in [7, 11) is 0. The fourth-order valence-electron chi connectivity index (χ4n) is 1.87. The van der Waals surface area contributed by atoms with Crippen LogP contribution in [0.5, 0.6) is 0 Å². The molecule has 2 atom stereocenters. The summed E-state index contributed by atoms with van der Waals surface area (Å²) in [6, 6.07) is -0.560. The van der Waals surface area contributed by atoms with Gasteiger partial charge in [0.15, 0.2) is 0 Å². The quantitative estimate of drug-likeness (QED) is 0.744. The maximum atomic E-state index is 11.9. The minimum Gasteiger partial charge on any atom is -0.368 e. The number of halogens is 1. The number of hydrogen-bond acceptors (Lipinski definition) is 2. The Balaban J connectivity index is 2.71. The zero-order valence-corrected chi connectivity index (χ0v) is 8.65. The maximum absolute atomic E-state index is 11.9. The molecule has 0 radical (unpaired) electrons. The molecule has 0 spiro atoms. The first kappa shape index (κ1) is 11.7. The van der Waals surface area contributed by atoms with Gasteiger partial charge in [0.25, 0.3) is 0 Å². The fraction of sp³-hybridized carbons (Fsp3) is 0.600. The van der Waals surface area contributed by atoms with E-state index in [-0.39, 0.29) is 18.2 Å². The molecule has 4 nitrogen and oxygen atoms in total. The van der Waals surface area contributed by atoms with Crippen molar-refractivity contribution in [3.63, 3.8) is 0 Å². The monoisotopic (exact) mass is 214 g/mol. The Hall–Kier alpha value is -1.39. The van der Waals surface area contributed by atoms with Crippen LogP contribution in [0.1, 0.15) is 19.8 Å². The number of nitrogens with two attached hydrogens (primary N) is 1. The lowest BCUT2D eigenvalue weighted by atomic mass is 10.1. The van der Waals surface area contributed by atoms with E-state index in [2.05, 4.69) is 0 Å². The Morgan fingerprint density at radius 1 is 1.80 bits per heavy atom. The SMILES string of the molecule is CCC(C(N)=O)N1CC(C=CF)CC1=O. The van der Waals surface area contributed by atoms with Gasteiger partial charge in [-0.1, -0.05) is 13.0 Å². The molecule has 2 amide bonds. The van der Waals surface area contributed by atoms with E-state index in [0.717, 1.165) is 0 Å². The van der Waals surface area contributed by atoms with Gasteiger partial charge in [-0.05, 0) is 6.42 Å². The van der Waals surface area contributed by atoms with Gasteiger partial charge in [-0.25, -0.2) is 4.39 Å². The smallest absolute Gasteiger partial charge is 0.240 e. The Bertz CT molecular complexity index is 291. The molecule has 1 heterocycles. The lowest BCUT2D eigenvalue weighted by molar-refractivity contribution is -0.136. The molecule has 1 rings (SSSR count). The summed E-state index contributed by atoms with van der Waals surface area (Å²) in [5.41, 5.74) is 5.18. The lowest BCUT2D eigenvalue weighted by Gasteiger charge is -2.23. The van der Waals surface area contributed by atoms with Crippen molar-refractivity contribution in [3.8, 4) is 0 Å². The molecule has 1 fully saturated rings. The topological polar surface area (TPSA) is 63.4 Å². The molecule has 0 aromatic rings. The van der Waals surface area contributed by atoms with E-state index in [1.807, 2.05) is 0 Å². The summed E-state index contributed by atoms with van der Waals surface area (Å²) in [6.07, 6.45) is 2.52. The first-order chi connectivity index (χ1) is 7.10. The summed E-state index contributed by atoms with van der Waals surface area (Å²) in [5.74, 6) is -0.782. The summed E-state index contributed by atoms with van der Waals surface area (Å²) >= 11 is 0. The zero-order valence-electron chi connectivity index (χ0n) is 8.65. The van der Waals surface area contributed by atoms with Gasteiger partial charge >= 0.3 is 0 Å². The molecular weight excluding hydrogens is 199 g/mol. The van der Waals surface area contributed by atoms with Crippen LogP contribution in [0, 0.1) is 5.92 Å². The van der Waals surface area contributed by atoms with E-state index >= 15 is 0 Å². The number of hydrogen-bond donors (Lipinski definition) is 1. The van der Waals surface area contributed by atoms with Gasteiger partial charge in [0, 0.05) is 18.9 Å². The number of nitrogens with zero attached hydrogens (tertiary/aromatic N) is 1. The molecule has 0 saturated carbocycles. The molecule has 1 aliphatic heterocycles. The molecule has 1 saturated heterocycles. The molecule has 2 unspecified atom stereocenters. The minimum absolute atomic E-state index is 0.135. The van der Waals surface area contributed by atoms with E-state index in [9.17, 15) is 14.0 Å². The Labute approximate surface area is 87.9 Å². The number of rotatable bonds is 4. The highest BCUT2D eigenvalue weighted by Crippen LogP contribution is 2.22. The second-order valence-electron chi connectivity index (χ2n) is 3.66. The highest BCUT2D eigenvalue weighted by Gasteiger charge is 2.34. The molecule has 0 aromatic heterocycles. The van der Waals surface area contributed by atoms with E-state index in [4.69, 9.17) is 5.73 Å². The normalized spacial score (nSPS) is 23.7. The van der Waals surface area contributed by atoms with E-state index < -0.39 is 11.9 Å². The van der Waals surface area contributed by atoms with Gasteiger partial charge in [0.2, 0.25) is 11.8 Å². The van der Waals surface area contributed by atoms with Crippen LogP contribution in [0.4, 0.5) is 4.39 Å². The van der Waals surface area contributed by atoms with Gasteiger partial charge in [0.05, 0.1) is 6.33 Å². The number of likely N-dealkylation sites (tertiary alicyclic amines) is 1. The van der Waals surface area contributed by atoms with Crippen LogP contribution in [-0.4, -0.2) is 29.3 Å². The zero-order chi connectivity index (χ0) is 11.4. The fourth-order valence-corrected chi connectivity index (χ4v) is 1.87. The van der Waals surface area contributed by atoms with Crippen LogP contribution in [0.25, 0.3) is 0 Å². The van der Waals surface area contributed by atoms with Crippen LogP contribution in [0.3, 0.4) is 0 Å². The summed E-state index contributed by atoms with van der Waals surface area (Å²) in [4.78, 5) is 24.0. The number of carbonyl (C=O) groups is 2. The molecule has 0 aliphatic carbocycles. The highest BCUT2D eigenvalue weighted by molar-refractivity contribution is 5.87. The van der Waals surface area contributed by atoms with Crippen LogP contribution >= 0.6 is 0 Å². The van der Waals surface area contributed by atoms with Gasteiger partial charge in [-0.2, -0.15) is 0 Å². The Morgan fingerprint density at radius 3 is 2.93 bits per heavy atom. The summed E-state index contributed by atoms with van der Waals surface area (Å²) < 4.78 is 11.9. The highest BCUT2D eigenvalue weighted by atomic mass is 19.1. The second-order valence-corrected chi connectivity index (χ2v) is 3.66. The van der Waals surface area contributed by atoms with E-state index in [1.54, 1.807) is 6.92 Å². The largest absolute Gasteiger partial charge is 0.368 e. The van der Waals surface area contributed by atoms with Crippen molar-refractivity contribution in [3.05, 3.63) is 12.4 Å². The summed E-state index contributed by atoms with van der Waals surface area (Å²) in [5, 5.41) is 0. The van der Waals surface area contributed by atoms with Crippen molar-refractivity contribution < 1.29 is 14.0 Å². The predicted molar refractivity (Wildman–Crippen MR) is 53.3 cm³/mol.